The number of amidine groups is 1. The van der Waals surface area contributed by atoms with Crippen LogP contribution in [0.1, 0.15) is 12.5 Å². The highest BCUT2D eigenvalue weighted by Gasteiger charge is 2.34. The van der Waals surface area contributed by atoms with Crippen molar-refractivity contribution in [1.82, 2.24) is 9.80 Å². The van der Waals surface area contributed by atoms with Gasteiger partial charge in [-0.2, -0.15) is 0 Å². The van der Waals surface area contributed by atoms with Crippen LogP contribution in [0.15, 0.2) is 58.4 Å². The van der Waals surface area contributed by atoms with Crippen molar-refractivity contribution in [2.75, 3.05) is 65.0 Å². The minimum atomic E-state index is -0.0115. The quantitative estimate of drug-likeness (QED) is 0.531. The number of carbonyl (C=O) groups excluding carboxylic acids is 1. The Morgan fingerprint density at radius 2 is 1.82 bits per heavy atom. The molecule has 180 valence electrons. The molecule has 2 heterocycles. The van der Waals surface area contributed by atoms with Gasteiger partial charge in [0.05, 0.1) is 24.7 Å². The van der Waals surface area contributed by atoms with Crippen LogP contribution in [0.2, 0.25) is 0 Å². The molecule has 0 aliphatic carbocycles. The van der Waals surface area contributed by atoms with Gasteiger partial charge < -0.3 is 14.4 Å². The van der Waals surface area contributed by atoms with Crippen molar-refractivity contribution in [1.29, 1.82) is 0 Å². The Kier molecular flexibility index (Phi) is 8.26. The highest BCUT2D eigenvalue weighted by molar-refractivity contribution is 8.18. The fourth-order valence-electron chi connectivity index (χ4n) is 3.80. The first-order valence-corrected chi connectivity index (χ1v) is 12.5. The summed E-state index contributed by atoms with van der Waals surface area (Å²) in [7, 11) is 4.03. The zero-order valence-corrected chi connectivity index (χ0v) is 20.9. The molecule has 8 heteroatoms. The predicted octanol–water partition coefficient (Wildman–Crippen LogP) is 4.09. The van der Waals surface area contributed by atoms with E-state index in [1.165, 1.54) is 11.8 Å². The lowest BCUT2D eigenvalue weighted by Gasteiger charge is -2.28. The minimum Gasteiger partial charge on any atom is -0.492 e. The minimum absolute atomic E-state index is 0.0115. The lowest BCUT2D eigenvalue weighted by atomic mass is 10.2. The zero-order chi connectivity index (χ0) is 23.9. The fraction of sp³-hybridized carbons (Fsp3) is 0.385. The topological polar surface area (TPSA) is 57.6 Å². The van der Waals surface area contributed by atoms with Gasteiger partial charge in [-0.05, 0) is 54.6 Å². The number of hydrogen-bond donors (Lipinski definition) is 0. The van der Waals surface area contributed by atoms with Crippen LogP contribution in [-0.2, 0) is 9.53 Å². The second kappa shape index (κ2) is 11.6. The van der Waals surface area contributed by atoms with E-state index in [-0.39, 0.29) is 5.91 Å². The Morgan fingerprint density at radius 3 is 2.53 bits per heavy atom. The summed E-state index contributed by atoms with van der Waals surface area (Å²) in [6, 6.07) is 15.9. The summed E-state index contributed by atoms with van der Waals surface area (Å²) in [4.78, 5) is 25.2. The molecule has 0 saturated carbocycles. The van der Waals surface area contributed by atoms with Gasteiger partial charge >= 0.3 is 0 Å². The zero-order valence-electron chi connectivity index (χ0n) is 20.1. The molecule has 2 fully saturated rings. The van der Waals surface area contributed by atoms with Gasteiger partial charge in [0.2, 0.25) is 0 Å². The number of carbonyl (C=O) groups is 1. The van der Waals surface area contributed by atoms with E-state index in [4.69, 9.17) is 14.5 Å². The van der Waals surface area contributed by atoms with Gasteiger partial charge in [-0.1, -0.05) is 24.3 Å². The summed E-state index contributed by atoms with van der Waals surface area (Å²) in [6.45, 7) is 7.12. The highest BCUT2D eigenvalue weighted by atomic mass is 32.2. The number of thioether (sulfide) groups is 1. The number of benzene rings is 2. The smallest absolute Gasteiger partial charge is 0.266 e. The van der Waals surface area contributed by atoms with Gasteiger partial charge in [0.15, 0.2) is 5.17 Å². The fourth-order valence-corrected chi connectivity index (χ4v) is 4.82. The van der Waals surface area contributed by atoms with Gasteiger partial charge in [0, 0.05) is 46.0 Å². The molecule has 0 spiro atoms. The summed E-state index contributed by atoms with van der Waals surface area (Å²) in [5.41, 5.74) is 2.84. The number of anilines is 1. The first-order valence-electron chi connectivity index (χ1n) is 11.6. The average molecular weight is 481 g/mol. The van der Waals surface area contributed by atoms with Crippen LogP contribution in [-0.4, -0.2) is 81.0 Å². The molecule has 2 saturated heterocycles. The summed E-state index contributed by atoms with van der Waals surface area (Å²) >= 11 is 1.42. The maximum Gasteiger partial charge on any atom is 0.266 e. The molecule has 2 aliphatic rings. The molecule has 0 bridgehead atoms. The molecular formula is C26H32N4O3S. The maximum atomic E-state index is 13.4. The number of nitrogens with zero attached hydrogens (tertiary/aromatic N) is 4. The average Bonchev–Trinajstić information content (AvgIpc) is 3.13. The van der Waals surface area contributed by atoms with E-state index < -0.39 is 0 Å². The van der Waals surface area contributed by atoms with Crippen LogP contribution in [0.25, 0.3) is 6.08 Å². The van der Waals surface area contributed by atoms with E-state index in [1.807, 2.05) is 63.5 Å². The second-order valence-corrected chi connectivity index (χ2v) is 9.31. The van der Waals surface area contributed by atoms with Crippen LogP contribution in [0.5, 0.6) is 5.75 Å². The number of hydrogen-bond acceptors (Lipinski definition) is 7. The van der Waals surface area contributed by atoms with Crippen LogP contribution < -0.4 is 9.64 Å². The monoisotopic (exact) mass is 480 g/mol. The van der Waals surface area contributed by atoms with E-state index in [9.17, 15) is 4.79 Å². The molecule has 0 unspecified atom stereocenters. The largest absolute Gasteiger partial charge is 0.492 e. The Balaban J connectivity index is 1.61. The molecule has 0 radical (unpaired) electrons. The van der Waals surface area contributed by atoms with Crippen molar-refractivity contribution in [3.8, 4) is 5.75 Å². The lowest BCUT2D eigenvalue weighted by molar-refractivity contribution is -0.122. The molecule has 34 heavy (non-hydrogen) atoms. The first kappa shape index (κ1) is 24.3. The molecule has 0 atom stereocenters. The number of ether oxygens (including phenoxy) is 2. The van der Waals surface area contributed by atoms with Gasteiger partial charge in [-0.15, -0.1) is 0 Å². The van der Waals surface area contributed by atoms with Crippen LogP contribution in [0, 0.1) is 0 Å². The second-order valence-electron chi connectivity index (χ2n) is 8.30. The van der Waals surface area contributed by atoms with Gasteiger partial charge in [0.1, 0.15) is 11.4 Å². The molecule has 0 aromatic heterocycles. The van der Waals surface area contributed by atoms with Crippen molar-refractivity contribution >= 4 is 40.3 Å². The standard InChI is InChI=1S/C26H32N4O3S/c1-4-33-23-8-6-5-7-22(23)27-26-30(14-13-29-15-17-32-18-16-29)25(31)24(34-26)19-20-9-11-21(12-10-20)28(2)3/h5-12,19H,4,13-18H2,1-3H3/b24-19-,27-26?. The number of para-hydroxylation sites is 2. The number of aliphatic imine (C=N–C) groups is 1. The van der Waals surface area contributed by atoms with Gasteiger partial charge in [-0.25, -0.2) is 4.99 Å². The summed E-state index contributed by atoms with van der Waals surface area (Å²) in [6.07, 6.45) is 1.95. The van der Waals surface area contributed by atoms with E-state index in [0.717, 1.165) is 55.5 Å². The van der Waals surface area contributed by atoms with Crippen LogP contribution >= 0.6 is 11.8 Å². The molecule has 2 aliphatic heterocycles. The highest BCUT2D eigenvalue weighted by Crippen LogP contribution is 2.36. The van der Waals surface area contributed by atoms with Gasteiger partial charge in [0.25, 0.3) is 5.91 Å². The molecule has 2 aromatic carbocycles. The molecule has 7 nitrogen and oxygen atoms in total. The Hall–Kier alpha value is -2.81. The van der Waals surface area contributed by atoms with Crippen molar-refractivity contribution < 1.29 is 14.3 Å². The van der Waals surface area contributed by atoms with Crippen molar-refractivity contribution in [3.05, 3.63) is 59.0 Å². The van der Waals surface area contributed by atoms with E-state index in [1.54, 1.807) is 4.90 Å². The third kappa shape index (κ3) is 6.00. The number of amides is 1. The van der Waals surface area contributed by atoms with E-state index in [2.05, 4.69) is 21.9 Å². The Bertz CT molecular complexity index is 1050. The Labute approximate surface area is 206 Å². The van der Waals surface area contributed by atoms with Crippen LogP contribution in [0.3, 0.4) is 0 Å². The molecule has 4 rings (SSSR count). The normalized spacial score (nSPS) is 19.3. The first-order chi connectivity index (χ1) is 16.5. The summed E-state index contributed by atoms with van der Waals surface area (Å²) < 4.78 is 11.2. The van der Waals surface area contributed by atoms with Crippen LogP contribution in [0.4, 0.5) is 11.4 Å². The number of morpholine rings is 1. The number of rotatable bonds is 8. The lowest BCUT2D eigenvalue weighted by Crippen LogP contribution is -2.42. The predicted molar refractivity (Wildman–Crippen MR) is 140 cm³/mol. The SMILES string of the molecule is CCOc1ccccc1N=C1S/C(=C\c2ccc(N(C)C)cc2)C(=O)N1CCN1CCOCC1. The molecule has 2 aromatic rings. The molecule has 0 N–H and O–H groups in total. The van der Waals surface area contributed by atoms with Crippen molar-refractivity contribution in [3.63, 3.8) is 0 Å². The van der Waals surface area contributed by atoms with E-state index in [0.29, 0.717) is 23.2 Å². The molecular weight excluding hydrogens is 448 g/mol. The van der Waals surface area contributed by atoms with Crippen molar-refractivity contribution in [2.45, 2.75) is 6.92 Å². The van der Waals surface area contributed by atoms with Gasteiger partial charge in [-0.3, -0.25) is 14.6 Å². The van der Waals surface area contributed by atoms with Crippen molar-refractivity contribution in [2.24, 2.45) is 4.99 Å². The maximum absolute atomic E-state index is 13.4. The third-order valence-electron chi connectivity index (χ3n) is 5.72. The third-order valence-corrected chi connectivity index (χ3v) is 6.73. The summed E-state index contributed by atoms with van der Waals surface area (Å²) in [5, 5.41) is 0.682. The Morgan fingerprint density at radius 1 is 1.09 bits per heavy atom. The summed E-state index contributed by atoms with van der Waals surface area (Å²) in [5.74, 6) is 0.706. The van der Waals surface area contributed by atoms with E-state index >= 15 is 0 Å². The molecule has 1 amide bonds.